The maximum absolute atomic E-state index is 6.06. The summed E-state index contributed by atoms with van der Waals surface area (Å²) in [5.74, 6) is 0.664. The third kappa shape index (κ3) is 2.19. The van der Waals surface area contributed by atoms with Crippen molar-refractivity contribution in [1.29, 1.82) is 0 Å². The van der Waals surface area contributed by atoms with Crippen LogP contribution in [0.4, 0.5) is 17.1 Å². The van der Waals surface area contributed by atoms with E-state index in [2.05, 4.69) is 54.3 Å². The van der Waals surface area contributed by atoms with Crippen molar-refractivity contribution in [2.24, 2.45) is 5.92 Å². The van der Waals surface area contributed by atoms with E-state index < -0.39 is 0 Å². The lowest BCUT2D eigenvalue weighted by Gasteiger charge is -2.35. The number of aryl methyl sites for hydroxylation is 1. The van der Waals surface area contributed by atoms with Crippen molar-refractivity contribution < 1.29 is 0 Å². The van der Waals surface area contributed by atoms with E-state index in [9.17, 15) is 0 Å². The first-order valence-electron chi connectivity index (χ1n) is 6.86. The summed E-state index contributed by atoms with van der Waals surface area (Å²) in [7, 11) is 0. The van der Waals surface area contributed by atoms with Gasteiger partial charge >= 0.3 is 0 Å². The molecule has 3 rings (SSSR count). The summed E-state index contributed by atoms with van der Waals surface area (Å²) in [6, 6.07) is 15.0. The molecule has 1 heterocycles. The molecule has 0 amide bonds. The van der Waals surface area contributed by atoms with Crippen LogP contribution in [0.5, 0.6) is 0 Å². The smallest absolute Gasteiger partial charge is 0.0443 e. The third-order valence-electron chi connectivity index (χ3n) is 3.92. The van der Waals surface area contributed by atoms with Crippen LogP contribution in [-0.4, -0.2) is 6.54 Å². The average Bonchev–Trinajstić information content (AvgIpc) is 2.41. The van der Waals surface area contributed by atoms with E-state index in [0.29, 0.717) is 5.92 Å². The first kappa shape index (κ1) is 12.1. The highest BCUT2D eigenvalue weighted by molar-refractivity contribution is 5.71. The second-order valence-corrected chi connectivity index (χ2v) is 5.59. The molecular formula is C17H20N2. The minimum Gasteiger partial charge on any atom is -0.398 e. The zero-order valence-corrected chi connectivity index (χ0v) is 11.6. The Kier molecular flexibility index (Phi) is 2.94. The van der Waals surface area contributed by atoms with Gasteiger partial charge in [-0.15, -0.1) is 0 Å². The summed E-state index contributed by atoms with van der Waals surface area (Å²) in [6.45, 7) is 5.41. The van der Waals surface area contributed by atoms with Gasteiger partial charge in [-0.1, -0.05) is 31.2 Å². The van der Waals surface area contributed by atoms with Gasteiger partial charge in [-0.3, -0.25) is 0 Å². The second-order valence-electron chi connectivity index (χ2n) is 5.59. The normalized spacial score (nSPS) is 18.2. The monoisotopic (exact) mass is 252 g/mol. The molecule has 0 saturated heterocycles. The van der Waals surface area contributed by atoms with Crippen LogP contribution in [0, 0.1) is 12.8 Å². The van der Waals surface area contributed by atoms with Crippen molar-refractivity contribution in [2.75, 3.05) is 17.2 Å². The van der Waals surface area contributed by atoms with Crippen LogP contribution in [0.25, 0.3) is 0 Å². The van der Waals surface area contributed by atoms with Crippen molar-refractivity contribution in [3.63, 3.8) is 0 Å². The molecular weight excluding hydrogens is 232 g/mol. The lowest BCUT2D eigenvalue weighted by atomic mass is 9.93. The van der Waals surface area contributed by atoms with Gasteiger partial charge in [0.1, 0.15) is 0 Å². The lowest BCUT2D eigenvalue weighted by Crippen LogP contribution is -2.30. The maximum atomic E-state index is 6.06. The van der Waals surface area contributed by atoms with Gasteiger partial charge in [-0.2, -0.15) is 0 Å². The van der Waals surface area contributed by atoms with E-state index >= 15 is 0 Å². The molecule has 2 aromatic carbocycles. The molecule has 0 spiro atoms. The van der Waals surface area contributed by atoms with Crippen molar-refractivity contribution in [3.8, 4) is 0 Å². The fourth-order valence-electron chi connectivity index (χ4n) is 2.84. The molecule has 2 nitrogen and oxygen atoms in total. The highest BCUT2D eigenvalue weighted by atomic mass is 15.1. The quantitative estimate of drug-likeness (QED) is 0.780. The second kappa shape index (κ2) is 4.61. The maximum Gasteiger partial charge on any atom is 0.0443 e. The van der Waals surface area contributed by atoms with Crippen LogP contribution in [-0.2, 0) is 6.42 Å². The number of anilines is 3. The molecule has 2 N–H and O–H groups in total. The standard InChI is InChI=1S/C17H20N2/c1-12-9-14-5-3-4-6-17(14)19(11-12)15-8-7-13(2)16(18)10-15/h3-8,10,12H,9,11,18H2,1-2H3. The average molecular weight is 252 g/mol. The Morgan fingerprint density at radius 1 is 1.16 bits per heavy atom. The van der Waals surface area contributed by atoms with Crippen LogP contribution < -0.4 is 10.6 Å². The molecule has 1 aliphatic rings. The highest BCUT2D eigenvalue weighted by Crippen LogP contribution is 2.36. The van der Waals surface area contributed by atoms with E-state index in [-0.39, 0.29) is 0 Å². The van der Waals surface area contributed by atoms with Crippen LogP contribution in [0.3, 0.4) is 0 Å². The number of rotatable bonds is 1. The molecule has 1 aliphatic heterocycles. The number of nitrogens with two attached hydrogens (primary N) is 1. The Balaban J connectivity index is 2.07. The lowest BCUT2D eigenvalue weighted by molar-refractivity contribution is 0.562. The van der Waals surface area contributed by atoms with Crippen molar-refractivity contribution >= 4 is 17.1 Å². The van der Waals surface area contributed by atoms with Crippen LogP contribution in [0.2, 0.25) is 0 Å². The van der Waals surface area contributed by atoms with Gasteiger partial charge in [0.25, 0.3) is 0 Å². The summed E-state index contributed by atoms with van der Waals surface area (Å²) in [5, 5.41) is 0. The van der Waals surface area contributed by atoms with Crippen molar-refractivity contribution in [2.45, 2.75) is 20.3 Å². The summed E-state index contributed by atoms with van der Waals surface area (Å²) < 4.78 is 0. The molecule has 0 radical (unpaired) electrons. The summed E-state index contributed by atoms with van der Waals surface area (Å²) in [5.41, 5.74) is 12.0. The molecule has 2 aromatic rings. The molecule has 1 atom stereocenters. The number of nitrogens with zero attached hydrogens (tertiary/aromatic N) is 1. The fraction of sp³-hybridized carbons (Fsp3) is 0.294. The third-order valence-corrected chi connectivity index (χ3v) is 3.92. The number of benzene rings is 2. The molecule has 98 valence electrons. The topological polar surface area (TPSA) is 29.3 Å². The Hall–Kier alpha value is -1.96. The Morgan fingerprint density at radius 3 is 2.74 bits per heavy atom. The van der Waals surface area contributed by atoms with E-state index in [1.165, 1.54) is 16.9 Å². The Bertz CT molecular complexity index is 604. The zero-order valence-electron chi connectivity index (χ0n) is 11.6. The largest absolute Gasteiger partial charge is 0.398 e. The van der Waals surface area contributed by atoms with Gasteiger partial charge in [0.05, 0.1) is 0 Å². The van der Waals surface area contributed by atoms with Crippen molar-refractivity contribution in [3.05, 3.63) is 53.6 Å². The first-order valence-corrected chi connectivity index (χ1v) is 6.86. The van der Waals surface area contributed by atoms with Gasteiger partial charge in [0.2, 0.25) is 0 Å². The molecule has 0 aromatic heterocycles. The minimum absolute atomic E-state index is 0.664. The fourth-order valence-corrected chi connectivity index (χ4v) is 2.84. The molecule has 0 saturated carbocycles. The zero-order chi connectivity index (χ0) is 13.4. The van der Waals surface area contributed by atoms with Gasteiger partial charge in [0, 0.05) is 23.6 Å². The van der Waals surface area contributed by atoms with E-state index in [1.54, 1.807) is 0 Å². The number of nitrogen functional groups attached to an aromatic ring is 1. The molecule has 19 heavy (non-hydrogen) atoms. The summed E-state index contributed by atoms with van der Waals surface area (Å²) in [4.78, 5) is 2.39. The Morgan fingerprint density at radius 2 is 1.95 bits per heavy atom. The number of hydrogen-bond acceptors (Lipinski definition) is 2. The molecule has 0 bridgehead atoms. The van der Waals surface area contributed by atoms with Crippen LogP contribution >= 0.6 is 0 Å². The van der Waals surface area contributed by atoms with Crippen LogP contribution in [0.15, 0.2) is 42.5 Å². The molecule has 0 fully saturated rings. The number of fused-ring (bicyclic) bond motifs is 1. The van der Waals surface area contributed by atoms with Gasteiger partial charge in [0.15, 0.2) is 0 Å². The highest BCUT2D eigenvalue weighted by Gasteiger charge is 2.22. The number of hydrogen-bond donors (Lipinski definition) is 1. The summed E-state index contributed by atoms with van der Waals surface area (Å²) >= 11 is 0. The summed E-state index contributed by atoms with van der Waals surface area (Å²) in [6.07, 6.45) is 1.16. The van der Waals surface area contributed by atoms with Gasteiger partial charge in [-0.05, 0) is 48.6 Å². The molecule has 0 aliphatic carbocycles. The van der Waals surface area contributed by atoms with E-state index in [1.807, 2.05) is 6.92 Å². The predicted octanol–water partition coefficient (Wildman–Crippen LogP) is 3.91. The predicted molar refractivity (Wildman–Crippen MR) is 81.9 cm³/mol. The first-order chi connectivity index (χ1) is 9.15. The van der Waals surface area contributed by atoms with E-state index in [0.717, 1.165) is 24.2 Å². The number of para-hydroxylation sites is 1. The van der Waals surface area contributed by atoms with Crippen LogP contribution in [0.1, 0.15) is 18.1 Å². The Labute approximate surface area is 114 Å². The van der Waals surface area contributed by atoms with Gasteiger partial charge < -0.3 is 10.6 Å². The minimum atomic E-state index is 0.664. The molecule has 1 unspecified atom stereocenters. The molecule has 2 heteroatoms. The SMILES string of the molecule is Cc1ccc(N2CC(C)Cc3ccccc32)cc1N. The van der Waals surface area contributed by atoms with Gasteiger partial charge in [-0.25, -0.2) is 0 Å². The van der Waals surface area contributed by atoms with Crippen molar-refractivity contribution in [1.82, 2.24) is 0 Å². The van der Waals surface area contributed by atoms with E-state index in [4.69, 9.17) is 5.73 Å².